The van der Waals surface area contributed by atoms with Crippen LogP contribution in [0, 0.1) is 0 Å². The predicted molar refractivity (Wildman–Crippen MR) is 273 cm³/mol. The van der Waals surface area contributed by atoms with E-state index in [2.05, 4.69) is 175 Å². The maximum absolute atomic E-state index is 3.84. The van der Waals surface area contributed by atoms with Gasteiger partial charge in [0, 0.05) is 87.6 Å². The predicted octanol–water partition coefficient (Wildman–Crippen LogP) is 18.3. The Balaban J connectivity index is 0.777. The summed E-state index contributed by atoms with van der Waals surface area (Å²) in [6, 6.07) is 54.4. The second kappa shape index (κ2) is 12.7. The summed E-state index contributed by atoms with van der Waals surface area (Å²) in [5.74, 6) is 0. The molecule has 6 heterocycles. The maximum Gasteiger partial charge on any atom is 0.0545 e. The molecule has 0 unspecified atom stereocenters. The molecule has 0 bridgehead atoms. The molecule has 280 valence electrons. The van der Waals surface area contributed by atoms with E-state index in [1.807, 2.05) is 56.7 Å². The van der Waals surface area contributed by atoms with Crippen LogP contribution < -0.4 is 0 Å². The van der Waals surface area contributed by atoms with E-state index in [4.69, 9.17) is 0 Å². The first-order valence-electron chi connectivity index (χ1n) is 20.0. The van der Waals surface area contributed by atoms with Gasteiger partial charge in [-0.1, -0.05) is 133 Å². The van der Waals surface area contributed by atoms with Gasteiger partial charge < -0.3 is 4.98 Å². The van der Waals surface area contributed by atoms with E-state index in [9.17, 15) is 0 Å². The number of rotatable bonds is 4. The molecule has 14 rings (SSSR count). The Morgan fingerprint density at radius 2 is 0.650 bits per heavy atom. The molecule has 0 saturated heterocycles. The van der Waals surface area contributed by atoms with Crippen molar-refractivity contribution in [1.29, 1.82) is 0 Å². The highest BCUT2D eigenvalue weighted by atomic mass is 32.1. The molecule has 0 saturated carbocycles. The Labute approximate surface area is 363 Å². The van der Waals surface area contributed by atoms with Crippen LogP contribution in [-0.4, -0.2) is 4.98 Å². The number of H-pyrrole nitrogens is 1. The number of aromatic nitrogens is 1. The third-order valence-electron chi connectivity index (χ3n) is 12.2. The molecule has 0 radical (unpaired) electrons. The summed E-state index contributed by atoms with van der Waals surface area (Å²) in [5, 5.41) is 13.2. The first kappa shape index (κ1) is 33.7. The highest BCUT2D eigenvalue weighted by Crippen LogP contribution is 2.46. The summed E-state index contributed by atoms with van der Waals surface area (Å²) in [6.07, 6.45) is 9.01. The highest BCUT2D eigenvalue weighted by Gasteiger charge is 2.16. The third kappa shape index (κ3) is 5.00. The van der Waals surface area contributed by atoms with E-state index in [1.54, 1.807) is 0 Å². The van der Waals surface area contributed by atoms with Gasteiger partial charge in [0.1, 0.15) is 0 Å². The molecule has 0 amide bonds. The lowest BCUT2D eigenvalue weighted by atomic mass is 10.0. The largest absolute Gasteiger partial charge is 0.354 e. The van der Waals surface area contributed by atoms with Crippen molar-refractivity contribution in [2.24, 2.45) is 0 Å². The molecule has 8 aromatic carbocycles. The van der Waals surface area contributed by atoms with Crippen molar-refractivity contribution in [3.05, 3.63) is 168 Å². The third-order valence-corrected chi connectivity index (χ3v) is 18.5. The molecule has 0 aliphatic carbocycles. The van der Waals surface area contributed by atoms with Crippen molar-refractivity contribution in [2.45, 2.75) is 0 Å². The lowest BCUT2D eigenvalue weighted by Crippen LogP contribution is -1.77. The number of benzene rings is 8. The van der Waals surface area contributed by atoms with Gasteiger partial charge in [0.05, 0.1) is 24.3 Å². The van der Waals surface area contributed by atoms with Gasteiger partial charge in [0.15, 0.2) is 0 Å². The fourth-order valence-corrected chi connectivity index (χ4v) is 16.0. The van der Waals surface area contributed by atoms with Gasteiger partial charge in [0.25, 0.3) is 0 Å². The highest BCUT2D eigenvalue weighted by molar-refractivity contribution is 7.37. The number of hydrogen-bond acceptors (Lipinski definition) is 5. The normalized spacial score (nSPS) is 12.9. The topological polar surface area (TPSA) is 15.8 Å². The molecule has 0 atom stereocenters. The van der Waals surface area contributed by atoms with E-state index in [1.165, 1.54) is 134 Å². The van der Waals surface area contributed by atoms with Crippen LogP contribution in [0.4, 0.5) is 0 Å². The first-order valence-corrected chi connectivity index (χ1v) is 24.1. The zero-order valence-corrected chi connectivity index (χ0v) is 35.8. The zero-order chi connectivity index (χ0) is 39.1. The number of hydrogen-bond donors (Lipinski definition) is 1. The van der Waals surface area contributed by atoms with Gasteiger partial charge in [-0.05, 0) is 58.7 Å². The molecular weight excluding hydrogens is 823 g/mol. The van der Waals surface area contributed by atoms with Gasteiger partial charge in [-0.2, -0.15) is 0 Å². The van der Waals surface area contributed by atoms with Crippen molar-refractivity contribution >= 4 is 193 Å². The number of nitrogens with one attached hydrogen (secondary N) is 1. The molecule has 1 nitrogen and oxygen atoms in total. The van der Waals surface area contributed by atoms with Crippen LogP contribution >= 0.6 is 56.7 Å². The molecule has 1 N–H and O–H groups in total. The summed E-state index contributed by atoms with van der Waals surface area (Å²) in [4.78, 5) is 3.84. The lowest BCUT2D eigenvalue weighted by Gasteiger charge is -2.02. The Hall–Kier alpha value is -6.12. The summed E-state index contributed by atoms with van der Waals surface area (Å²) < 4.78 is 13.8. The lowest BCUT2D eigenvalue weighted by molar-refractivity contribution is 1.56. The first-order chi connectivity index (χ1) is 29.7. The number of fused-ring (bicyclic) bond motifs is 19. The minimum absolute atomic E-state index is 1.17. The van der Waals surface area contributed by atoms with Gasteiger partial charge in [-0.3, -0.25) is 0 Å². The molecule has 0 aliphatic heterocycles. The van der Waals surface area contributed by atoms with Crippen LogP contribution in [0.15, 0.2) is 146 Å². The van der Waals surface area contributed by atoms with Crippen molar-refractivity contribution in [3.63, 3.8) is 0 Å². The van der Waals surface area contributed by atoms with Crippen LogP contribution in [0.5, 0.6) is 0 Å². The average Bonchev–Trinajstić information content (AvgIpc) is 4.13. The van der Waals surface area contributed by atoms with Crippen LogP contribution in [0.3, 0.4) is 0 Å². The Morgan fingerprint density at radius 1 is 0.283 bits per heavy atom. The molecule has 14 aromatic rings. The summed E-state index contributed by atoms with van der Waals surface area (Å²) >= 11 is 9.55. The minimum Gasteiger partial charge on any atom is -0.354 e. The Kier molecular flexibility index (Phi) is 7.13. The summed E-state index contributed by atoms with van der Waals surface area (Å²) in [5.41, 5.74) is 7.24. The van der Waals surface area contributed by atoms with Crippen molar-refractivity contribution in [3.8, 4) is 0 Å². The van der Waals surface area contributed by atoms with Gasteiger partial charge >= 0.3 is 0 Å². The molecule has 0 fully saturated rings. The van der Waals surface area contributed by atoms with E-state index < -0.39 is 0 Å². The fraction of sp³-hybridized carbons (Fsp3) is 0. The van der Waals surface area contributed by atoms with Crippen molar-refractivity contribution < 1.29 is 0 Å². The summed E-state index contributed by atoms with van der Waals surface area (Å²) in [6.45, 7) is 0. The Bertz CT molecular complexity index is 3920. The van der Waals surface area contributed by atoms with Crippen LogP contribution in [0.25, 0.3) is 136 Å². The molecule has 6 heteroatoms. The minimum atomic E-state index is 1.17. The smallest absolute Gasteiger partial charge is 0.0545 e. The van der Waals surface area contributed by atoms with E-state index in [0.717, 1.165) is 0 Å². The number of thiophene rings is 5. The van der Waals surface area contributed by atoms with Gasteiger partial charge in [-0.15, -0.1) is 56.7 Å². The second-order valence-electron chi connectivity index (χ2n) is 15.7. The zero-order valence-electron chi connectivity index (χ0n) is 31.7. The van der Waals surface area contributed by atoms with Crippen LogP contribution in [-0.2, 0) is 0 Å². The quantitative estimate of drug-likeness (QED) is 0.170. The summed E-state index contributed by atoms with van der Waals surface area (Å²) in [7, 11) is 0. The Morgan fingerprint density at radius 3 is 1.22 bits per heavy atom. The van der Waals surface area contributed by atoms with E-state index in [-0.39, 0.29) is 0 Å². The van der Waals surface area contributed by atoms with Gasteiger partial charge in [0.2, 0.25) is 0 Å². The van der Waals surface area contributed by atoms with Crippen LogP contribution in [0.2, 0.25) is 0 Å². The van der Waals surface area contributed by atoms with E-state index >= 15 is 0 Å². The SMILES string of the molecule is C(=C\c1ccc2c(c1)sc1c3ccccc3sc21)/c1ccc2c(c1)[nH]c1c2ccc2c1ccc1c3ccc(/C=C/c4ccc5c(c4)sc4c6ccccc6sc54)cc3sc12. The molecule has 0 spiro atoms. The van der Waals surface area contributed by atoms with Crippen molar-refractivity contribution in [2.75, 3.05) is 0 Å². The van der Waals surface area contributed by atoms with Crippen molar-refractivity contribution in [1.82, 2.24) is 4.98 Å². The molecule has 60 heavy (non-hydrogen) atoms. The maximum atomic E-state index is 3.84. The van der Waals surface area contributed by atoms with Gasteiger partial charge in [-0.25, -0.2) is 0 Å². The monoisotopic (exact) mass is 851 g/mol. The standard InChI is InChI=1S/C54H29NS5/c1-3-7-44-39(5-1)51-53(56-44)41-19-15-31(27-47(41)59-51)10-9-29-13-17-33-35-21-24-38-36(49(35)55-43(33)25-29)22-23-37-34-18-14-30(26-46(34)58-50(37)38)11-12-32-16-20-42-48(28-32)60-52-40-6-2-4-8-45(40)57-54(42)52/h1-28,55H/b10-9+,12-11+. The molecular formula is C54H29NS5. The second-order valence-corrected chi connectivity index (χ2v) is 21.0. The number of aromatic amines is 1. The molecule has 0 aliphatic rings. The average molecular weight is 852 g/mol. The fourth-order valence-electron chi connectivity index (χ4n) is 9.29. The van der Waals surface area contributed by atoms with Crippen LogP contribution in [0.1, 0.15) is 22.3 Å². The van der Waals surface area contributed by atoms with E-state index in [0.29, 0.717) is 0 Å². The molecule has 6 aromatic heterocycles.